The first kappa shape index (κ1) is 24.7. The highest BCUT2D eigenvalue weighted by Crippen LogP contribution is 2.29. The third kappa shape index (κ3) is 6.17. The van der Waals surface area contributed by atoms with E-state index >= 15 is 0 Å². The monoisotopic (exact) mass is 497 g/mol. The number of piperazine rings is 1. The normalized spacial score (nSPS) is 14.5. The highest BCUT2D eigenvalue weighted by Gasteiger charge is 2.33. The van der Waals surface area contributed by atoms with Gasteiger partial charge < -0.3 is 16.0 Å². The molecule has 0 radical (unpaired) electrons. The van der Waals surface area contributed by atoms with Crippen LogP contribution in [0.15, 0.2) is 73.3 Å². The molecule has 35 heavy (non-hydrogen) atoms. The summed E-state index contributed by atoms with van der Waals surface area (Å²) in [5.74, 6) is 0.357. The fourth-order valence-electron chi connectivity index (χ4n) is 3.92. The third-order valence-electron chi connectivity index (χ3n) is 5.90. The molecule has 0 atom stereocenters. The zero-order valence-corrected chi connectivity index (χ0v) is 19.9. The Morgan fingerprint density at radius 2 is 1.60 bits per heavy atom. The number of para-hydroxylation sites is 2. The first-order valence-corrected chi connectivity index (χ1v) is 11.6. The largest absolute Gasteiger partial charge is 0.433 e. The molecule has 2 heterocycles. The van der Waals surface area contributed by atoms with E-state index < -0.39 is 11.9 Å². The molecule has 0 saturated carbocycles. The van der Waals surface area contributed by atoms with Crippen molar-refractivity contribution in [2.75, 3.05) is 48.7 Å². The summed E-state index contributed by atoms with van der Waals surface area (Å²) >= 11 is 5.51. The van der Waals surface area contributed by atoms with Crippen molar-refractivity contribution in [2.24, 2.45) is 0 Å². The Kier molecular flexibility index (Phi) is 7.37. The lowest BCUT2D eigenvalue weighted by molar-refractivity contribution is -0.141. The molecule has 0 spiro atoms. The van der Waals surface area contributed by atoms with Gasteiger partial charge in [0, 0.05) is 38.3 Å². The van der Waals surface area contributed by atoms with Crippen LogP contribution < -0.4 is 16.0 Å². The average molecular weight is 498 g/mol. The molecule has 4 rings (SSSR count). The summed E-state index contributed by atoms with van der Waals surface area (Å²) in [6.07, 6.45) is -4.44. The summed E-state index contributed by atoms with van der Waals surface area (Å²) in [5, 5.41) is 3.17. The molecule has 1 aliphatic heterocycles. The molecule has 3 N–H and O–H groups in total. The van der Waals surface area contributed by atoms with E-state index in [1.54, 1.807) is 6.07 Å². The van der Waals surface area contributed by atoms with E-state index in [1.165, 1.54) is 6.07 Å². The maximum Gasteiger partial charge on any atom is 0.433 e. The van der Waals surface area contributed by atoms with Crippen LogP contribution in [-0.4, -0.2) is 47.6 Å². The molecule has 0 amide bonds. The Labute approximate surface area is 208 Å². The number of nitrogen functional groups attached to an aromatic ring is 1. The maximum absolute atomic E-state index is 13.0. The Hall–Kier alpha value is -3.43. The van der Waals surface area contributed by atoms with Crippen LogP contribution in [0.1, 0.15) is 16.8 Å². The highest BCUT2D eigenvalue weighted by atomic mass is 32.1. The van der Waals surface area contributed by atoms with Gasteiger partial charge in [-0.3, -0.25) is 4.90 Å². The number of rotatable bonds is 6. The number of alkyl halides is 3. The van der Waals surface area contributed by atoms with E-state index in [9.17, 15) is 13.2 Å². The van der Waals surface area contributed by atoms with E-state index in [1.807, 2.05) is 53.4 Å². The zero-order chi connectivity index (χ0) is 25.0. The molecule has 1 aliphatic rings. The molecule has 1 saturated heterocycles. The minimum Gasteiger partial charge on any atom is -0.397 e. The van der Waals surface area contributed by atoms with Crippen molar-refractivity contribution < 1.29 is 13.2 Å². The van der Waals surface area contributed by atoms with Crippen LogP contribution >= 0.6 is 12.2 Å². The average Bonchev–Trinajstić information content (AvgIpc) is 2.85. The van der Waals surface area contributed by atoms with Crippen molar-refractivity contribution in [1.82, 2.24) is 9.88 Å². The quantitative estimate of drug-likeness (QED) is 0.356. The van der Waals surface area contributed by atoms with Crippen molar-refractivity contribution in [3.63, 3.8) is 0 Å². The minimum atomic E-state index is -4.44. The minimum absolute atomic E-state index is 0.357. The van der Waals surface area contributed by atoms with Gasteiger partial charge in [-0.05, 0) is 35.4 Å². The number of thiocarbonyl (C=S) groups is 1. The lowest BCUT2D eigenvalue weighted by Gasteiger charge is -2.36. The van der Waals surface area contributed by atoms with Crippen LogP contribution in [-0.2, 0) is 6.18 Å². The Morgan fingerprint density at radius 3 is 2.26 bits per heavy atom. The van der Waals surface area contributed by atoms with Crippen LogP contribution in [0.2, 0.25) is 0 Å². The standard InChI is InChI=1S/C26H26F3N5S/c1-18(19-9-11-20(12-10-19)25(35)31-22-6-3-2-5-21(22)30)17-33-13-15-34(16-14-33)24-8-4-7-23(32-24)26(27,28)29/h2-12H,1,13-17,30H2,(H,31,35). The molecule has 182 valence electrons. The molecule has 0 unspecified atom stereocenters. The number of aromatic nitrogens is 1. The van der Waals surface area contributed by atoms with Gasteiger partial charge >= 0.3 is 6.18 Å². The number of nitrogens with two attached hydrogens (primary N) is 1. The summed E-state index contributed by atoms with van der Waals surface area (Å²) in [6.45, 7) is 7.52. The molecule has 0 aliphatic carbocycles. The number of pyridine rings is 1. The molecule has 2 aromatic carbocycles. The molecule has 3 aromatic rings. The molecule has 5 nitrogen and oxygen atoms in total. The molecular formula is C26H26F3N5S. The molecule has 9 heteroatoms. The lowest BCUT2D eigenvalue weighted by Crippen LogP contribution is -2.47. The fourth-order valence-corrected chi connectivity index (χ4v) is 4.16. The summed E-state index contributed by atoms with van der Waals surface area (Å²) in [4.78, 5) is 8.51. The van der Waals surface area contributed by atoms with Crippen molar-refractivity contribution in [3.8, 4) is 0 Å². The summed E-state index contributed by atoms with van der Waals surface area (Å²) in [6, 6.07) is 19.3. The van der Waals surface area contributed by atoms with Gasteiger partial charge in [0.15, 0.2) is 0 Å². The van der Waals surface area contributed by atoms with E-state index in [4.69, 9.17) is 18.0 Å². The van der Waals surface area contributed by atoms with Gasteiger partial charge in [0.05, 0.1) is 11.4 Å². The van der Waals surface area contributed by atoms with Crippen LogP contribution in [0.4, 0.5) is 30.4 Å². The SMILES string of the molecule is C=C(CN1CCN(c2cccc(C(F)(F)F)n2)CC1)c1ccc(C(=S)Nc2ccccc2N)cc1. The smallest absolute Gasteiger partial charge is 0.397 e. The van der Waals surface area contributed by atoms with Gasteiger partial charge in [-0.15, -0.1) is 0 Å². The Bertz CT molecular complexity index is 1200. The van der Waals surface area contributed by atoms with Gasteiger partial charge in [-0.2, -0.15) is 13.2 Å². The molecule has 1 aromatic heterocycles. The highest BCUT2D eigenvalue weighted by molar-refractivity contribution is 7.81. The number of nitrogens with one attached hydrogen (secondary N) is 1. The van der Waals surface area contributed by atoms with E-state index in [0.29, 0.717) is 49.2 Å². The lowest BCUT2D eigenvalue weighted by atomic mass is 10.0. The van der Waals surface area contributed by atoms with Crippen molar-refractivity contribution in [2.45, 2.75) is 6.18 Å². The Morgan fingerprint density at radius 1 is 0.943 bits per heavy atom. The second kappa shape index (κ2) is 10.5. The number of nitrogens with zero attached hydrogens (tertiary/aromatic N) is 3. The van der Waals surface area contributed by atoms with Crippen LogP contribution in [0.25, 0.3) is 5.57 Å². The number of hydrogen-bond donors (Lipinski definition) is 2. The van der Waals surface area contributed by atoms with Gasteiger partial charge in [-0.1, -0.05) is 61.3 Å². The molecule has 1 fully saturated rings. The molecular weight excluding hydrogens is 471 g/mol. The van der Waals surface area contributed by atoms with Gasteiger partial charge in [0.1, 0.15) is 16.5 Å². The Balaban J connectivity index is 1.30. The topological polar surface area (TPSA) is 57.4 Å². The van der Waals surface area contributed by atoms with Gasteiger partial charge in [-0.25, -0.2) is 4.98 Å². The maximum atomic E-state index is 13.0. The van der Waals surface area contributed by atoms with E-state index in [0.717, 1.165) is 28.5 Å². The number of anilines is 3. The fraction of sp³-hybridized carbons (Fsp3) is 0.231. The predicted octanol–water partition coefficient (Wildman–Crippen LogP) is 5.31. The van der Waals surface area contributed by atoms with Gasteiger partial charge in [0.25, 0.3) is 0 Å². The first-order chi connectivity index (χ1) is 16.7. The number of benzene rings is 2. The number of halogens is 3. The summed E-state index contributed by atoms with van der Waals surface area (Å²) < 4.78 is 38.9. The van der Waals surface area contributed by atoms with E-state index in [2.05, 4.69) is 21.8 Å². The zero-order valence-electron chi connectivity index (χ0n) is 19.1. The van der Waals surface area contributed by atoms with Crippen LogP contribution in [0.5, 0.6) is 0 Å². The van der Waals surface area contributed by atoms with E-state index in [-0.39, 0.29) is 0 Å². The van der Waals surface area contributed by atoms with Crippen LogP contribution in [0.3, 0.4) is 0 Å². The summed E-state index contributed by atoms with van der Waals surface area (Å²) in [5.41, 5.74) is 9.36. The first-order valence-electron chi connectivity index (χ1n) is 11.2. The summed E-state index contributed by atoms with van der Waals surface area (Å²) in [7, 11) is 0. The number of hydrogen-bond acceptors (Lipinski definition) is 5. The van der Waals surface area contributed by atoms with Crippen LogP contribution in [0, 0.1) is 0 Å². The van der Waals surface area contributed by atoms with Crippen molar-refractivity contribution in [1.29, 1.82) is 0 Å². The molecule has 0 bridgehead atoms. The van der Waals surface area contributed by atoms with Crippen molar-refractivity contribution in [3.05, 3.63) is 90.1 Å². The second-order valence-electron chi connectivity index (χ2n) is 8.36. The van der Waals surface area contributed by atoms with Gasteiger partial charge in [0.2, 0.25) is 0 Å². The second-order valence-corrected chi connectivity index (χ2v) is 8.77. The third-order valence-corrected chi connectivity index (χ3v) is 6.24. The van der Waals surface area contributed by atoms with Crippen molar-refractivity contribution >= 4 is 40.0 Å². The predicted molar refractivity (Wildman–Crippen MR) is 140 cm³/mol.